The standard InChI is InChI=1S/C19H21N3O3S.ClH/c1-24-15-7-6-14(12-16(15)25-2)13-18(23)21-9-11-26-19-5-3-4-17-20-8-10-22(17)19;/h3-8,10,12H,9,11,13H2,1-2H3,(H,21,23);1H. The number of imidazole rings is 1. The van der Waals surface area contributed by atoms with E-state index in [-0.39, 0.29) is 18.3 Å². The molecule has 0 aliphatic carbocycles. The summed E-state index contributed by atoms with van der Waals surface area (Å²) in [5, 5.41) is 4.06. The summed E-state index contributed by atoms with van der Waals surface area (Å²) in [6.07, 6.45) is 4.03. The molecule has 0 bridgehead atoms. The van der Waals surface area contributed by atoms with Crippen molar-refractivity contribution in [2.45, 2.75) is 11.4 Å². The lowest BCUT2D eigenvalue weighted by molar-refractivity contribution is -0.120. The Labute approximate surface area is 168 Å². The number of amides is 1. The Balaban J connectivity index is 0.00000261. The molecule has 0 spiro atoms. The number of halogens is 1. The van der Waals surface area contributed by atoms with E-state index < -0.39 is 0 Å². The number of aromatic nitrogens is 2. The van der Waals surface area contributed by atoms with Gasteiger partial charge in [0.05, 0.1) is 25.7 Å². The van der Waals surface area contributed by atoms with E-state index in [0.717, 1.165) is 22.0 Å². The van der Waals surface area contributed by atoms with E-state index in [1.807, 2.05) is 47.0 Å². The number of nitrogens with zero attached hydrogens (tertiary/aromatic N) is 2. The fourth-order valence-corrected chi connectivity index (χ4v) is 3.51. The molecule has 2 heterocycles. The average molecular weight is 408 g/mol. The highest BCUT2D eigenvalue weighted by molar-refractivity contribution is 7.99. The first kappa shape index (κ1) is 20.9. The van der Waals surface area contributed by atoms with Crippen LogP contribution in [-0.4, -0.2) is 41.8 Å². The molecule has 2 aromatic heterocycles. The number of methoxy groups -OCH3 is 2. The van der Waals surface area contributed by atoms with Gasteiger partial charge in [-0.25, -0.2) is 4.98 Å². The van der Waals surface area contributed by atoms with Gasteiger partial charge in [-0.05, 0) is 29.8 Å². The van der Waals surface area contributed by atoms with Crippen LogP contribution in [0.5, 0.6) is 11.5 Å². The zero-order valence-electron chi connectivity index (χ0n) is 15.2. The van der Waals surface area contributed by atoms with Crippen molar-refractivity contribution in [3.63, 3.8) is 0 Å². The molecule has 3 rings (SSSR count). The molecule has 27 heavy (non-hydrogen) atoms. The summed E-state index contributed by atoms with van der Waals surface area (Å²) >= 11 is 1.69. The molecule has 0 fully saturated rings. The van der Waals surface area contributed by atoms with Crippen LogP contribution in [0.1, 0.15) is 5.56 Å². The number of hydrogen-bond acceptors (Lipinski definition) is 5. The van der Waals surface area contributed by atoms with Gasteiger partial charge in [0.15, 0.2) is 11.5 Å². The number of pyridine rings is 1. The van der Waals surface area contributed by atoms with Crippen LogP contribution >= 0.6 is 24.2 Å². The molecule has 0 saturated carbocycles. The van der Waals surface area contributed by atoms with Gasteiger partial charge in [0, 0.05) is 24.7 Å². The highest BCUT2D eigenvalue weighted by atomic mass is 35.5. The van der Waals surface area contributed by atoms with E-state index in [0.29, 0.717) is 24.5 Å². The van der Waals surface area contributed by atoms with Gasteiger partial charge in [0.2, 0.25) is 5.91 Å². The van der Waals surface area contributed by atoms with Gasteiger partial charge in [-0.1, -0.05) is 12.1 Å². The molecule has 1 amide bonds. The lowest BCUT2D eigenvalue weighted by Crippen LogP contribution is -2.27. The third-order valence-corrected chi connectivity index (χ3v) is 4.91. The van der Waals surface area contributed by atoms with E-state index in [9.17, 15) is 4.79 Å². The summed E-state index contributed by atoms with van der Waals surface area (Å²) in [5.41, 5.74) is 1.81. The molecule has 8 heteroatoms. The molecule has 1 aromatic carbocycles. The minimum atomic E-state index is -0.0151. The van der Waals surface area contributed by atoms with Crippen molar-refractivity contribution in [2.24, 2.45) is 0 Å². The van der Waals surface area contributed by atoms with Crippen molar-refractivity contribution >= 4 is 35.7 Å². The second-order valence-corrected chi connectivity index (χ2v) is 6.70. The van der Waals surface area contributed by atoms with Crippen molar-refractivity contribution in [3.05, 3.63) is 54.4 Å². The molecule has 0 saturated heterocycles. The smallest absolute Gasteiger partial charge is 0.224 e. The summed E-state index contributed by atoms with van der Waals surface area (Å²) in [6, 6.07) is 11.5. The van der Waals surface area contributed by atoms with Crippen molar-refractivity contribution in [2.75, 3.05) is 26.5 Å². The van der Waals surface area contributed by atoms with E-state index >= 15 is 0 Å². The van der Waals surface area contributed by atoms with Crippen LogP contribution < -0.4 is 14.8 Å². The van der Waals surface area contributed by atoms with E-state index in [1.54, 1.807) is 32.2 Å². The topological polar surface area (TPSA) is 64.9 Å². The second kappa shape index (κ2) is 10.1. The Kier molecular flexibility index (Phi) is 7.82. The Morgan fingerprint density at radius 1 is 1.19 bits per heavy atom. The maximum absolute atomic E-state index is 12.1. The van der Waals surface area contributed by atoms with Crippen LogP contribution in [0.25, 0.3) is 5.65 Å². The number of carbonyl (C=O) groups is 1. The molecule has 0 radical (unpaired) electrons. The molecular formula is C19H22ClN3O3S. The summed E-state index contributed by atoms with van der Waals surface area (Å²) in [4.78, 5) is 16.4. The van der Waals surface area contributed by atoms with Crippen molar-refractivity contribution in [1.29, 1.82) is 0 Å². The first-order valence-electron chi connectivity index (χ1n) is 8.23. The summed E-state index contributed by atoms with van der Waals surface area (Å²) in [6.45, 7) is 0.599. The number of benzene rings is 1. The molecule has 1 N–H and O–H groups in total. The number of nitrogens with one attached hydrogen (secondary N) is 1. The lowest BCUT2D eigenvalue weighted by Gasteiger charge is -2.10. The van der Waals surface area contributed by atoms with Crippen molar-refractivity contribution in [3.8, 4) is 11.5 Å². The predicted molar refractivity (Wildman–Crippen MR) is 109 cm³/mol. The Hall–Kier alpha value is -2.38. The number of hydrogen-bond donors (Lipinski definition) is 1. The van der Waals surface area contributed by atoms with Crippen LogP contribution in [0.4, 0.5) is 0 Å². The predicted octanol–water partition coefficient (Wildman–Crippen LogP) is 3.22. The minimum Gasteiger partial charge on any atom is -0.493 e. The summed E-state index contributed by atoms with van der Waals surface area (Å²) in [7, 11) is 3.17. The number of fused-ring (bicyclic) bond motifs is 1. The highest BCUT2D eigenvalue weighted by Gasteiger charge is 2.08. The van der Waals surface area contributed by atoms with Crippen LogP contribution in [0.2, 0.25) is 0 Å². The molecule has 0 aliphatic rings. The van der Waals surface area contributed by atoms with Crippen LogP contribution in [0.15, 0.2) is 53.8 Å². The monoisotopic (exact) mass is 407 g/mol. The highest BCUT2D eigenvalue weighted by Crippen LogP contribution is 2.27. The summed E-state index contributed by atoms with van der Waals surface area (Å²) < 4.78 is 12.5. The van der Waals surface area contributed by atoms with Crippen molar-refractivity contribution in [1.82, 2.24) is 14.7 Å². The number of rotatable bonds is 8. The zero-order chi connectivity index (χ0) is 18.4. The number of carbonyl (C=O) groups excluding carboxylic acids is 1. The molecular weight excluding hydrogens is 386 g/mol. The average Bonchev–Trinajstić information content (AvgIpc) is 3.14. The van der Waals surface area contributed by atoms with E-state index in [4.69, 9.17) is 9.47 Å². The molecule has 6 nitrogen and oxygen atoms in total. The second-order valence-electron chi connectivity index (χ2n) is 5.58. The Morgan fingerprint density at radius 2 is 2.00 bits per heavy atom. The van der Waals surface area contributed by atoms with Gasteiger partial charge >= 0.3 is 0 Å². The SMILES string of the molecule is COc1ccc(CC(=O)NCCSc2cccc3nccn23)cc1OC.Cl. The van der Waals surface area contributed by atoms with E-state index in [1.165, 1.54) is 0 Å². The summed E-state index contributed by atoms with van der Waals surface area (Å²) in [5.74, 6) is 2.05. The molecule has 3 aromatic rings. The quantitative estimate of drug-likeness (QED) is 0.458. The molecule has 144 valence electrons. The van der Waals surface area contributed by atoms with Crippen LogP contribution in [0, 0.1) is 0 Å². The maximum atomic E-state index is 12.1. The van der Waals surface area contributed by atoms with Gasteiger partial charge in [-0.15, -0.1) is 24.2 Å². The largest absolute Gasteiger partial charge is 0.493 e. The Morgan fingerprint density at radius 3 is 2.78 bits per heavy atom. The first-order valence-corrected chi connectivity index (χ1v) is 9.22. The van der Waals surface area contributed by atoms with Gasteiger partial charge in [0.1, 0.15) is 5.65 Å². The fraction of sp³-hybridized carbons (Fsp3) is 0.263. The normalized spacial score (nSPS) is 10.3. The molecule has 0 atom stereocenters. The van der Waals surface area contributed by atoms with Crippen molar-refractivity contribution < 1.29 is 14.3 Å². The van der Waals surface area contributed by atoms with Gasteiger partial charge in [-0.3, -0.25) is 9.20 Å². The maximum Gasteiger partial charge on any atom is 0.224 e. The minimum absolute atomic E-state index is 0. The third kappa shape index (κ3) is 5.30. The third-order valence-electron chi connectivity index (χ3n) is 3.88. The first-order chi connectivity index (χ1) is 12.7. The van der Waals surface area contributed by atoms with Gasteiger partial charge in [0.25, 0.3) is 0 Å². The zero-order valence-corrected chi connectivity index (χ0v) is 16.8. The molecule has 0 aliphatic heterocycles. The number of thioether (sulfide) groups is 1. The van der Waals surface area contributed by atoms with Crippen LogP contribution in [-0.2, 0) is 11.2 Å². The lowest BCUT2D eigenvalue weighted by atomic mass is 10.1. The number of ether oxygens (including phenoxy) is 2. The Bertz CT molecular complexity index is 901. The molecule has 0 unspecified atom stereocenters. The van der Waals surface area contributed by atoms with Gasteiger partial charge in [-0.2, -0.15) is 0 Å². The fourth-order valence-electron chi connectivity index (χ4n) is 2.62. The van der Waals surface area contributed by atoms with Crippen LogP contribution in [0.3, 0.4) is 0 Å². The van der Waals surface area contributed by atoms with E-state index in [2.05, 4.69) is 10.3 Å². The van der Waals surface area contributed by atoms with Gasteiger partial charge < -0.3 is 14.8 Å².